The van der Waals surface area contributed by atoms with Crippen LogP contribution in [0.1, 0.15) is 18.1 Å². The van der Waals surface area contributed by atoms with Crippen LogP contribution in [0.3, 0.4) is 0 Å². The molecule has 78 valence electrons. The standard InChI is InChI=1S/C13H15NO/c1-3-9-10-6-4-5-7-11(10)12(14)8(2)13(9)15/h4-7,15H,3,14H2,1-2H3. The third-order valence-corrected chi connectivity index (χ3v) is 2.94. The second-order valence-electron chi connectivity index (χ2n) is 3.76. The zero-order valence-electron chi connectivity index (χ0n) is 9.04. The molecular weight excluding hydrogens is 186 g/mol. The summed E-state index contributed by atoms with van der Waals surface area (Å²) in [6.07, 6.45) is 0.813. The molecule has 0 saturated heterocycles. The lowest BCUT2D eigenvalue weighted by atomic mass is 9.96. The van der Waals surface area contributed by atoms with E-state index in [2.05, 4.69) is 0 Å². The number of hydrogen-bond donors (Lipinski definition) is 2. The lowest BCUT2D eigenvalue weighted by Gasteiger charge is -2.13. The molecule has 0 heterocycles. The van der Waals surface area contributed by atoms with Crippen molar-refractivity contribution >= 4 is 16.5 Å². The highest BCUT2D eigenvalue weighted by molar-refractivity contribution is 5.98. The van der Waals surface area contributed by atoms with Crippen LogP contribution in [0.2, 0.25) is 0 Å². The summed E-state index contributed by atoms with van der Waals surface area (Å²) in [7, 11) is 0. The first-order valence-electron chi connectivity index (χ1n) is 5.15. The van der Waals surface area contributed by atoms with Crippen molar-refractivity contribution in [3.8, 4) is 5.75 Å². The van der Waals surface area contributed by atoms with Gasteiger partial charge >= 0.3 is 0 Å². The quantitative estimate of drug-likeness (QED) is 0.697. The molecule has 0 radical (unpaired) electrons. The zero-order chi connectivity index (χ0) is 11.0. The summed E-state index contributed by atoms with van der Waals surface area (Å²) in [6.45, 7) is 3.90. The number of hydrogen-bond acceptors (Lipinski definition) is 2. The lowest BCUT2D eigenvalue weighted by Crippen LogP contribution is -1.96. The Hall–Kier alpha value is -1.70. The van der Waals surface area contributed by atoms with Gasteiger partial charge in [0.15, 0.2) is 0 Å². The van der Waals surface area contributed by atoms with E-state index in [0.717, 1.165) is 28.3 Å². The third-order valence-electron chi connectivity index (χ3n) is 2.94. The number of benzene rings is 2. The van der Waals surface area contributed by atoms with Crippen LogP contribution in [0.5, 0.6) is 5.75 Å². The van der Waals surface area contributed by atoms with Gasteiger partial charge in [0.25, 0.3) is 0 Å². The number of phenols is 1. The van der Waals surface area contributed by atoms with E-state index in [4.69, 9.17) is 5.73 Å². The molecule has 3 N–H and O–H groups in total. The van der Waals surface area contributed by atoms with Gasteiger partial charge in [-0.05, 0) is 18.7 Å². The summed E-state index contributed by atoms with van der Waals surface area (Å²) in [5.74, 6) is 0.341. The Balaban J connectivity index is 2.98. The molecule has 0 aliphatic rings. The number of nitrogens with two attached hydrogens (primary N) is 1. The average Bonchev–Trinajstić information content (AvgIpc) is 2.27. The summed E-state index contributed by atoms with van der Waals surface area (Å²) in [6, 6.07) is 7.93. The topological polar surface area (TPSA) is 46.2 Å². The molecule has 0 saturated carbocycles. The molecule has 15 heavy (non-hydrogen) atoms. The molecule has 0 amide bonds. The predicted octanol–water partition coefficient (Wildman–Crippen LogP) is 3.00. The van der Waals surface area contributed by atoms with E-state index >= 15 is 0 Å². The Morgan fingerprint density at radius 3 is 2.40 bits per heavy atom. The molecule has 0 aliphatic carbocycles. The van der Waals surface area contributed by atoms with Crippen LogP contribution in [-0.2, 0) is 6.42 Å². The van der Waals surface area contributed by atoms with Crippen LogP contribution in [0.25, 0.3) is 10.8 Å². The molecule has 0 fully saturated rings. The highest BCUT2D eigenvalue weighted by Crippen LogP contribution is 2.36. The number of nitrogen functional groups attached to an aromatic ring is 1. The molecule has 0 unspecified atom stereocenters. The van der Waals surface area contributed by atoms with Crippen LogP contribution in [0, 0.1) is 6.92 Å². The maximum absolute atomic E-state index is 10.00. The Morgan fingerprint density at radius 2 is 1.80 bits per heavy atom. The van der Waals surface area contributed by atoms with Gasteiger partial charge in [-0.1, -0.05) is 31.2 Å². The van der Waals surface area contributed by atoms with E-state index < -0.39 is 0 Å². The lowest BCUT2D eigenvalue weighted by molar-refractivity contribution is 0.466. The second-order valence-corrected chi connectivity index (χ2v) is 3.76. The number of fused-ring (bicyclic) bond motifs is 1. The minimum atomic E-state index is 0.341. The summed E-state index contributed by atoms with van der Waals surface area (Å²) < 4.78 is 0. The van der Waals surface area contributed by atoms with Gasteiger partial charge in [0.2, 0.25) is 0 Å². The molecule has 2 aromatic rings. The fourth-order valence-electron chi connectivity index (χ4n) is 2.02. The number of anilines is 1. The molecule has 2 nitrogen and oxygen atoms in total. The molecule has 0 atom stereocenters. The zero-order valence-corrected chi connectivity index (χ0v) is 9.04. The summed E-state index contributed by atoms with van der Waals surface area (Å²) in [4.78, 5) is 0. The van der Waals surface area contributed by atoms with E-state index in [-0.39, 0.29) is 0 Å². The number of rotatable bonds is 1. The molecule has 0 aliphatic heterocycles. The van der Waals surface area contributed by atoms with Crippen LogP contribution >= 0.6 is 0 Å². The molecule has 2 aromatic carbocycles. The number of aromatic hydroxyl groups is 1. The molecular formula is C13H15NO. The van der Waals surface area contributed by atoms with Gasteiger partial charge in [-0.15, -0.1) is 0 Å². The van der Waals surface area contributed by atoms with E-state index in [1.807, 2.05) is 38.1 Å². The van der Waals surface area contributed by atoms with Gasteiger partial charge in [-0.25, -0.2) is 0 Å². The van der Waals surface area contributed by atoms with Crippen LogP contribution in [-0.4, -0.2) is 5.11 Å². The van der Waals surface area contributed by atoms with Crippen molar-refractivity contribution in [2.24, 2.45) is 0 Å². The van der Waals surface area contributed by atoms with E-state index in [1.165, 1.54) is 0 Å². The fourth-order valence-corrected chi connectivity index (χ4v) is 2.02. The smallest absolute Gasteiger partial charge is 0.124 e. The van der Waals surface area contributed by atoms with Crippen molar-refractivity contribution in [2.45, 2.75) is 20.3 Å². The Morgan fingerprint density at radius 1 is 1.20 bits per heavy atom. The maximum atomic E-state index is 10.00. The van der Waals surface area contributed by atoms with E-state index in [9.17, 15) is 5.11 Å². The maximum Gasteiger partial charge on any atom is 0.124 e. The highest BCUT2D eigenvalue weighted by atomic mass is 16.3. The third kappa shape index (κ3) is 1.33. The van der Waals surface area contributed by atoms with Crippen molar-refractivity contribution < 1.29 is 5.11 Å². The van der Waals surface area contributed by atoms with Crippen molar-refractivity contribution in [3.63, 3.8) is 0 Å². The van der Waals surface area contributed by atoms with Gasteiger partial charge in [-0.2, -0.15) is 0 Å². The first-order chi connectivity index (χ1) is 7.16. The predicted molar refractivity (Wildman–Crippen MR) is 64.1 cm³/mol. The SMILES string of the molecule is CCc1c(O)c(C)c(N)c2ccccc12. The first-order valence-corrected chi connectivity index (χ1v) is 5.15. The minimum absolute atomic E-state index is 0.341. The second kappa shape index (κ2) is 3.46. The molecule has 0 bridgehead atoms. The van der Waals surface area contributed by atoms with Crippen molar-refractivity contribution in [3.05, 3.63) is 35.4 Å². The average molecular weight is 201 g/mol. The van der Waals surface area contributed by atoms with Crippen molar-refractivity contribution in [1.29, 1.82) is 0 Å². The molecule has 2 heteroatoms. The fraction of sp³-hybridized carbons (Fsp3) is 0.231. The Bertz CT molecular complexity index is 517. The Labute approximate surface area is 89.3 Å². The van der Waals surface area contributed by atoms with Gasteiger partial charge < -0.3 is 10.8 Å². The summed E-state index contributed by atoms with van der Waals surface area (Å²) in [5.41, 5.74) is 8.43. The van der Waals surface area contributed by atoms with E-state index in [0.29, 0.717) is 11.4 Å². The molecule has 0 aromatic heterocycles. The van der Waals surface area contributed by atoms with Crippen LogP contribution in [0.4, 0.5) is 5.69 Å². The number of phenolic OH excluding ortho intramolecular Hbond substituents is 1. The summed E-state index contributed by atoms with van der Waals surface area (Å²) >= 11 is 0. The van der Waals surface area contributed by atoms with Crippen molar-refractivity contribution in [1.82, 2.24) is 0 Å². The monoisotopic (exact) mass is 201 g/mol. The number of aryl methyl sites for hydroxylation is 1. The van der Waals surface area contributed by atoms with Crippen molar-refractivity contribution in [2.75, 3.05) is 5.73 Å². The molecule has 0 spiro atoms. The normalized spacial score (nSPS) is 10.8. The van der Waals surface area contributed by atoms with Crippen LogP contribution < -0.4 is 5.73 Å². The summed E-state index contributed by atoms with van der Waals surface area (Å²) in [5, 5.41) is 12.1. The minimum Gasteiger partial charge on any atom is -0.507 e. The van der Waals surface area contributed by atoms with E-state index in [1.54, 1.807) is 0 Å². The van der Waals surface area contributed by atoms with Crippen LogP contribution in [0.15, 0.2) is 24.3 Å². The van der Waals surface area contributed by atoms with Gasteiger partial charge in [0.05, 0.1) is 0 Å². The van der Waals surface area contributed by atoms with Gasteiger partial charge in [-0.3, -0.25) is 0 Å². The Kier molecular flexibility index (Phi) is 2.27. The first kappa shape index (κ1) is 9.84. The largest absolute Gasteiger partial charge is 0.507 e. The highest BCUT2D eigenvalue weighted by Gasteiger charge is 2.12. The molecule has 2 rings (SSSR count). The van der Waals surface area contributed by atoms with Gasteiger partial charge in [0, 0.05) is 22.2 Å². The van der Waals surface area contributed by atoms with Gasteiger partial charge in [0.1, 0.15) is 5.75 Å².